The molecule has 0 atom stereocenters. The van der Waals surface area contributed by atoms with Crippen LogP contribution in [0.5, 0.6) is 0 Å². The van der Waals surface area contributed by atoms with Gasteiger partial charge in [-0.2, -0.15) is 0 Å². The summed E-state index contributed by atoms with van der Waals surface area (Å²) in [7, 11) is -0.198. The first kappa shape index (κ1) is 14.6. The van der Waals surface area contributed by atoms with Crippen molar-refractivity contribution in [1.82, 2.24) is 9.62 Å². The first-order chi connectivity index (χ1) is 7.91. The van der Waals surface area contributed by atoms with Crippen LogP contribution in [0.4, 0.5) is 0 Å². The minimum atomic E-state index is -3.33. The Kier molecular flexibility index (Phi) is 5.12. The quantitative estimate of drug-likeness (QED) is 0.806. The zero-order chi connectivity index (χ0) is 13.1. The lowest BCUT2D eigenvalue weighted by Gasteiger charge is -2.13. The predicted octanol–water partition coefficient (Wildman–Crippen LogP) is 1.81. The smallest absolute Gasteiger partial charge is 0.243 e. The summed E-state index contributed by atoms with van der Waals surface area (Å²) in [5.74, 6) is 0. The first-order valence-corrected chi connectivity index (χ1v) is 7.93. The molecule has 0 saturated heterocycles. The van der Waals surface area contributed by atoms with Gasteiger partial charge in [0.25, 0.3) is 0 Å². The van der Waals surface area contributed by atoms with Crippen molar-refractivity contribution in [2.75, 3.05) is 20.6 Å². The molecule has 0 unspecified atom stereocenters. The number of nitrogens with zero attached hydrogens (tertiary/aromatic N) is 1. The molecule has 98 valence electrons. The number of nitrogens with one attached hydrogen (secondary N) is 1. The van der Waals surface area contributed by atoms with Gasteiger partial charge in [0.15, 0.2) is 0 Å². The van der Waals surface area contributed by atoms with Crippen LogP contribution in [0.2, 0.25) is 0 Å². The highest BCUT2D eigenvalue weighted by Crippen LogP contribution is 2.28. The molecule has 1 rings (SSSR count). The molecule has 1 heterocycles. The van der Waals surface area contributed by atoms with E-state index in [9.17, 15) is 8.42 Å². The molecule has 1 aromatic rings. The van der Waals surface area contributed by atoms with E-state index in [2.05, 4.69) is 12.2 Å². The highest BCUT2D eigenvalue weighted by atomic mass is 32.2. The van der Waals surface area contributed by atoms with Gasteiger partial charge in [0, 0.05) is 25.5 Å². The molecule has 17 heavy (non-hydrogen) atoms. The zero-order valence-corrected chi connectivity index (χ0v) is 12.4. The summed E-state index contributed by atoms with van der Waals surface area (Å²) in [5.41, 5.74) is 0.831. The molecule has 0 spiro atoms. The van der Waals surface area contributed by atoms with Crippen molar-refractivity contribution in [2.45, 2.75) is 31.7 Å². The maximum atomic E-state index is 12.2. The maximum Gasteiger partial charge on any atom is 0.243 e. The van der Waals surface area contributed by atoms with Gasteiger partial charge < -0.3 is 5.32 Å². The van der Waals surface area contributed by atoms with Crippen LogP contribution in [0.25, 0.3) is 0 Å². The third-order valence-electron chi connectivity index (χ3n) is 2.44. The molecule has 0 radical (unpaired) electrons. The second kappa shape index (κ2) is 5.95. The van der Waals surface area contributed by atoms with Gasteiger partial charge in [0.1, 0.15) is 4.90 Å². The Balaban J connectivity index is 3.03. The number of hydrogen-bond donors (Lipinski definition) is 1. The monoisotopic (exact) mass is 276 g/mol. The van der Waals surface area contributed by atoms with Gasteiger partial charge in [-0.3, -0.25) is 0 Å². The van der Waals surface area contributed by atoms with E-state index in [4.69, 9.17) is 0 Å². The summed E-state index contributed by atoms with van der Waals surface area (Å²) in [6, 6.07) is 0. The van der Waals surface area contributed by atoms with Gasteiger partial charge in [-0.15, -0.1) is 11.3 Å². The fourth-order valence-electron chi connectivity index (χ4n) is 1.52. The second-order valence-electron chi connectivity index (χ2n) is 4.14. The van der Waals surface area contributed by atoms with E-state index >= 15 is 0 Å². The van der Waals surface area contributed by atoms with Gasteiger partial charge in [-0.25, -0.2) is 12.7 Å². The number of aryl methyl sites for hydroxylation is 1. The summed E-state index contributed by atoms with van der Waals surface area (Å²) in [4.78, 5) is 1.36. The van der Waals surface area contributed by atoms with Crippen LogP contribution >= 0.6 is 11.3 Å². The van der Waals surface area contributed by atoms with Crippen LogP contribution < -0.4 is 5.32 Å². The van der Waals surface area contributed by atoms with Crippen molar-refractivity contribution in [2.24, 2.45) is 0 Å². The summed E-state index contributed by atoms with van der Waals surface area (Å²) < 4.78 is 25.6. The molecule has 0 bridgehead atoms. The third kappa shape index (κ3) is 3.28. The lowest BCUT2D eigenvalue weighted by atomic mass is 10.3. The Hall–Kier alpha value is -0.430. The Morgan fingerprint density at radius 3 is 2.59 bits per heavy atom. The van der Waals surface area contributed by atoms with Gasteiger partial charge in [-0.05, 0) is 30.8 Å². The van der Waals surface area contributed by atoms with E-state index < -0.39 is 10.0 Å². The van der Waals surface area contributed by atoms with Crippen LogP contribution in [0, 0.1) is 6.92 Å². The van der Waals surface area contributed by atoms with Crippen molar-refractivity contribution in [3.05, 3.63) is 15.8 Å². The number of hydrogen-bond acceptors (Lipinski definition) is 4. The topological polar surface area (TPSA) is 49.4 Å². The molecule has 4 nitrogen and oxygen atoms in total. The van der Waals surface area contributed by atoms with E-state index in [1.165, 1.54) is 15.6 Å². The van der Waals surface area contributed by atoms with Crippen molar-refractivity contribution >= 4 is 21.4 Å². The molecule has 1 aromatic heterocycles. The summed E-state index contributed by atoms with van der Waals surface area (Å²) in [6.45, 7) is 5.45. The van der Waals surface area contributed by atoms with Gasteiger partial charge in [0.2, 0.25) is 10.0 Å². The van der Waals surface area contributed by atoms with Crippen molar-refractivity contribution in [1.29, 1.82) is 0 Å². The number of rotatable bonds is 6. The van der Waals surface area contributed by atoms with E-state index in [0.717, 1.165) is 23.4 Å². The molecule has 0 fully saturated rings. The minimum Gasteiger partial charge on any atom is -0.312 e. The molecule has 6 heteroatoms. The van der Waals surface area contributed by atoms with Crippen LogP contribution in [-0.2, 0) is 16.6 Å². The molecule has 0 aliphatic heterocycles. The highest BCUT2D eigenvalue weighted by molar-refractivity contribution is 7.89. The second-order valence-corrected chi connectivity index (χ2v) is 7.19. The largest absolute Gasteiger partial charge is 0.312 e. The molecule has 0 amide bonds. The van der Waals surface area contributed by atoms with Crippen LogP contribution in [0.1, 0.15) is 23.8 Å². The molecule has 0 aliphatic rings. The first-order valence-electron chi connectivity index (χ1n) is 5.61. The van der Waals surface area contributed by atoms with Crippen molar-refractivity contribution in [3.63, 3.8) is 0 Å². The van der Waals surface area contributed by atoms with E-state index in [1.807, 2.05) is 12.3 Å². The average Bonchev–Trinajstić information content (AvgIpc) is 2.60. The minimum absolute atomic E-state index is 0.469. The van der Waals surface area contributed by atoms with Gasteiger partial charge >= 0.3 is 0 Å². The van der Waals surface area contributed by atoms with Crippen molar-refractivity contribution < 1.29 is 8.42 Å². The molecule has 0 saturated carbocycles. The fourth-order valence-corrected chi connectivity index (χ4v) is 4.13. The van der Waals surface area contributed by atoms with Crippen LogP contribution in [-0.4, -0.2) is 33.4 Å². The number of sulfonamides is 1. The lowest BCUT2D eigenvalue weighted by Crippen LogP contribution is -2.24. The average molecular weight is 276 g/mol. The maximum absolute atomic E-state index is 12.2. The van der Waals surface area contributed by atoms with Gasteiger partial charge in [0.05, 0.1) is 0 Å². The zero-order valence-electron chi connectivity index (χ0n) is 10.8. The van der Waals surface area contributed by atoms with Crippen LogP contribution in [0.15, 0.2) is 10.3 Å². The predicted molar refractivity (Wildman–Crippen MR) is 71.9 cm³/mol. The third-order valence-corrected chi connectivity index (χ3v) is 5.72. The molecule has 0 aromatic carbocycles. The molecular formula is C11H20N2O2S2. The molecular weight excluding hydrogens is 256 g/mol. The summed E-state index contributed by atoms with van der Waals surface area (Å²) >= 11 is 1.50. The standard InChI is InChI=1S/C11H20N2O2S2/c1-5-6-12-7-10-11(9(2)8-16-10)17(14,15)13(3)4/h8,12H,5-7H2,1-4H3. The molecule has 0 aliphatic carbocycles. The van der Waals surface area contributed by atoms with E-state index in [-0.39, 0.29) is 0 Å². The Morgan fingerprint density at radius 1 is 1.41 bits per heavy atom. The lowest BCUT2D eigenvalue weighted by molar-refractivity contribution is 0.519. The Bertz CT molecular complexity index is 464. The number of thiophene rings is 1. The fraction of sp³-hybridized carbons (Fsp3) is 0.636. The normalized spacial score (nSPS) is 12.3. The summed E-state index contributed by atoms with van der Waals surface area (Å²) in [6.07, 6.45) is 1.04. The van der Waals surface area contributed by atoms with E-state index in [1.54, 1.807) is 14.1 Å². The van der Waals surface area contributed by atoms with E-state index in [0.29, 0.717) is 11.4 Å². The van der Waals surface area contributed by atoms with Gasteiger partial charge in [-0.1, -0.05) is 6.92 Å². The molecule has 1 N–H and O–H groups in total. The SMILES string of the molecule is CCCNCc1scc(C)c1S(=O)(=O)N(C)C. The Labute approximate surface area is 108 Å². The highest BCUT2D eigenvalue weighted by Gasteiger charge is 2.24. The van der Waals surface area contributed by atoms with Crippen molar-refractivity contribution in [3.8, 4) is 0 Å². The summed E-state index contributed by atoms with van der Waals surface area (Å²) in [5, 5.41) is 5.15. The van der Waals surface area contributed by atoms with Crippen LogP contribution in [0.3, 0.4) is 0 Å². The Morgan fingerprint density at radius 2 is 2.06 bits per heavy atom.